The van der Waals surface area contributed by atoms with E-state index in [0.717, 1.165) is 16.8 Å². The summed E-state index contributed by atoms with van der Waals surface area (Å²) < 4.78 is 4.86. The molecule has 0 aliphatic carbocycles. The number of pyridine rings is 1. The van der Waals surface area contributed by atoms with Crippen molar-refractivity contribution in [3.05, 3.63) is 152 Å². The summed E-state index contributed by atoms with van der Waals surface area (Å²) in [4.78, 5) is 4.31. The second-order valence-electron chi connectivity index (χ2n) is 10.8. The van der Waals surface area contributed by atoms with Gasteiger partial charge < -0.3 is 9.13 Å². The lowest BCUT2D eigenvalue weighted by Gasteiger charge is -2.13. The number of hydrogen-bond donors (Lipinski definition) is 0. The number of rotatable bonds is 3. The molecule has 3 aromatic heterocycles. The van der Waals surface area contributed by atoms with Gasteiger partial charge in [-0.2, -0.15) is 0 Å². The minimum Gasteiger partial charge on any atom is -0.309 e. The molecule has 0 aliphatic rings. The van der Waals surface area contributed by atoms with E-state index in [0.29, 0.717) is 0 Å². The first-order chi connectivity index (χ1) is 20.9. The molecule has 0 radical (unpaired) electrons. The van der Waals surface area contributed by atoms with Gasteiger partial charge in [0.2, 0.25) is 0 Å². The lowest BCUT2D eigenvalue weighted by molar-refractivity contribution is 1.18. The molecule has 0 saturated heterocycles. The standard InChI is InChI=1S/C39H25N3/c1-2-10-28(11-3-1)41-36-14-6-4-12-30(36)32-20-23-35-34(38(32)41)22-21-33-31-13-5-7-15-37(31)42(39(33)35)29-18-16-26(17-19-29)27-9-8-24-40-25-27/h1-25H. The molecule has 0 saturated carbocycles. The van der Waals surface area contributed by atoms with Gasteiger partial charge in [0.1, 0.15) is 0 Å². The molecule has 0 aliphatic heterocycles. The summed E-state index contributed by atoms with van der Waals surface area (Å²) in [5, 5.41) is 7.55. The maximum absolute atomic E-state index is 4.31. The van der Waals surface area contributed by atoms with Crippen molar-refractivity contribution < 1.29 is 0 Å². The van der Waals surface area contributed by atoms with Crippen LogP contribution >= 0.6 is 0 Å². The van der Waals surface area contributed by atoms with Crippen LogP contribution in [0.2, 0.25) is 0 Å². The zero-order valence-electron chi connectivity index (χ0n) is 22.8. The van der Waals surface area contributed by atoms with Gasteiger partial charge in [0, 0.05) is 56.1 Å². The van der Waals surface area contributed by atoms with Crippen molar-refractivity contribution in [3.63, 3.8) is 0 Å². The van der Waals surface area contributed by atoms with Crippen LogP contribution in [0.3, 0.4) is 0 Å². The Kier molecular flexibility index (Phi) is 4.90. The molecule has 9 rings (SSSR count). The smallest absolute Gasteiger partial charge is 0.0620 e. The van der Waals surface area contributed by atoms with E-state index in [-0.39, 0.29) is 0 Å². The molecule has 0 atom stereocenters. The molecule has 9 aromatic rings. The predicted molar refractivity (Wildman–Crippen MR) is 176 cm³/mol. The molecule has 0 N–H and O–H groups in total. The lowest BCUT2D eigenvalue weighted by Crippen LogP contribution is -1.96. The summed E-state index contributed by atoms with van der Waals surface area (Å²) in [6.07, 6.45) is 3.73. The Balaban J connectivity index is 1.40. The molecule has 6 aromatic carbocycles. The van der Waals surface area contributed by atoms with Gasteiger partial charge in [-0.15, -0.1) is 0 Å². The topological polar surface area (TPSA) is 22.8 Å². The summed E-state index contributed by atoms with van der Waals surface area (Å²) in [7, 11) is 0. The van der Waals surface area contributed by atoms with Gasteiger partial charge in [0.15, 0.2) is 0 Å². The highest BCUT2D eigenvalue weighted by Gasteiger charge is 2.19. The highest BCUT2D eigenvalue weighted by Crippen LogP contribution is 2.42. The third-order valence-electron chi connectivity index (χ3n) is 8.60. The molecule has 0 spiro atoms. The highest BCUT2D eigenvalue weighted by atomic mass is 15.0. The maximum atomic E-state index is 4.31. The van der Waals surface area contributed by atoms with Crippen LogP contribution in [0.15, 0.2) is 152 Å². The van der Waals surface area contributed by atoms with E-state index in [2.05, 4.69) is 148 Å². The summed E-state index contributed by atoms with van der Waals surface area (Å²) in [5.41, 5.74) is 9.49. The molecule has 3 heterocycles. The first-order valence-corrected chi connectivity index (χ1v) is 14.3. The third kappa shape index (κ3) is 3.25. The molecule has 3 nitrogen and oxygen atoms in total. The van der Waals surface area contributed by atoms with Crippen molar-refractivity contribution in [2.75, 3.05) is 0 Å². The summed E-state index contributed by atoms with van der Waals surface area (Å²) >= 11 is 0. The molecule has 42 heavy (non-hydrogen) atoms. The first kappa shape index (κ1) is 23.1. The molecular formula is C39H25N3. The fourth-order valence-corrected chi connectivity index (χ4v) is 6.77. The minimum atomic E-state index is 1.12. The number of hydrogen-bond acceptors (Lipinski definition) is 1. The lowest BCUT2D eigenvalue weighted by atomic mass is 10.0. The fraction of sp³-hybridized carbons (Fsp3) is 0. The Morgan fingerprint density at radius 1 is 0.357 bits per heavy atom. The Morgan fingerprint density at radius 2 is 0.857 bits per heavy atom. The Morgan fingerprint density at radius 3 is 1.40 bits per heavy atom. The van der Waals surface area contributed by atoms with Crippen molar-refractivity contribution in [2.45, 2.75) is 0 Å². The van der Waals surface area contributed by atoms with Crippen LogP contribution in [-0.4, -0.2) is 14.1 Å². The van der Waals surface area contributed by atoms with E-state index in [1.54, 1.807) is 0 Å². The number of para-hydroxylation sites is 3. The van der Waals surface area contributed by atoms with Gasteiger partial charge >= 0.3 is 0 Å². The van der Waals surface area contributed by atoms with E-state index < -0.39 is 0 Å². The van der Waals surface area contributed by atoms with Crippen molar-refractivity contribution in [1.29, 1.82) is 0 Å². The van der Waals surface area contributed by atoms with Crippen LogP contribution in [0.4, 0.5) is 0 Å². The van der Waals surface area contributed by atoms with Crippen molar-refractivity contribution in [1.82, 2.24) is 14.1 Å². The van der Waals surface area contributed by atoms with Crippen molar-refractivity contribution in [3.8, 4) is 22.5 Å². The van der Waals surface area contributed by atoms with Gasteiger partial charge in [-0.3, -0.25) is 4.98 Å². The van der Waals surface area contributed by atoms with Gasteiger partial charge in [-0.1, -0.05) is 97.1 Å². The Bertz CT molecular complexity index is 2430. The Labute approximate surface area is 242 Å². The van der Waals surface area contributed by atoms with Gasteiger partial charge in [0.05, 0.1) is 22.1 Å². The van der Waals surface area contributed by atoms with E-state index in [1.807, 2.05) is 18.5 Å². The molecular weight excluding hydrogens is 510 g/mol. The predicted octanol–water partition coefficient (Wildman–Crippen LogP) is 10.1. The number of aromatic nitrogens is 3. The van der Waals surface area contributed by atoms with Crippen LogP contribution in [0.25, 0.3) is 76.9 Å². The molecule has 3 heteroatoms. The van der Waals surface area contributed by atoms with Gasteiger partial charge in [-0.05, 0) is 53.6 Å². The molecule has 0 bridgehead atoms. The number of nitrogens with zero attached hydrogens (tertiary/aromatic N) is 3. The summed E-state index contributed by atoms with van der Waals surface area (Å²) in [6, 6.07) is 50.4. The second kappa shape index (κ2) is 8.92. The monoisotopic (exact) mass is 535 g/mol. The molecule has 0 unspecified atom stereocenters. The van der Waals surface area contributed by atoms with Crippen LogP contribution < -0.4 is 0 Å². The summed E-state index contributed by atoms with van der Waals surface area (Å²) in [6.45, 7) is 0. The fourth-order valence-electron chi connectivity index (χ4n) is 6.77. The van der Waals surface area contributed by atoms with Crippen LogP contribution in [0.5, 0.6) is 0 Å². The van der Waals surface area contributed by atoms with Gasteiger partial charge in [-0.25, -0.2) is 0 Å². The SMILES string of the molecule is c1ccc(-n2c3ccccc3c3ccc4c(ccc5c6ccccc6n(-c6ccc(-c7cccnc7)cc6)c54)c32)cc1. The third-order valence-corrected chi connectivity index (χ3v) is 8.60. The zero-order chi connectivity index (χ0) is 27.6. The zero-order valence-corrected chi connectivity index (χ0v) is 22.8. The van der Waals surface area contributed by atoms with Crippen molar-refractivity contribution >= 4 is 54.4 Å². The van der Waals surface area contributed by atoms with Crippen LogP contribution in [0.1, 0.15) is 0 Å². The largest absolute Gasteiger partial charge is 0.309 e. The van der Waals surface area contributed by atoms with Gasteiger partial charge in [0.25, 0.3) is 0 Å². The molecule has 0 fully saturated rings. The first-order valence-electron chi connectivity index (χ1n) is 14.3. The van der Waals surface area contributed by atoms with E-state index in [1.165, 1.54) is 60.1 Å². The van der Waals surface area contributed by atoms with Crippen molar-refractivity contribution in [2.24, 2.45) is 0 Å². The minimum absolute atomic E-state index is 1.12. The highest BCUT2D eigenvalue weighted by molar-refractivity contribution is 6.26. The van der Waals surface area contributed by atoms with Crippen LogP contribution in [-0.2, 0) is 0 Å². The molecule has 196 valence electrons. The van der Waals surface area contributed by atoms with E-state index >= 15 is 0 Å². The van der Waals surface area contributed by atoms with E-state index in [4.69, 9.17) is 0 Å². The maximum Gasteiger partial charge on any atom is 0.0620 e. The quantitative estimate of drug-likeness (QED) is 0.221. The number of fused-ring (bicyclic) bond motifs is 9. The van der Waals surface area contributed by atoms with Crippen LogP contribution in [0, 0.1) is 0 Å². The second-order valence-corrected chi connectivity index (χ2v) is 10.8. The average Bonchev–Trinajstić information content (AvgIpc) is 3.59. The molecule has 0 amide bonds. The van der Waals surface area contributed by atoms with E-state index in [9.17, 15) is 0 Å². The normalized spacial score (nSPS) is 11.8. The Hall–Kier alpha value is -5.67. The number of benzene rings is 6. The average molecular weight is 536 g/mol. The summed E-state index contributed by atoms with van der Waals surface area (Å²) in [5.74, 6) is 0.